The van der Waals surface area contributed by atoms with E-state index in [1.165, 1.54) is 15.7 Å². The highest BCUT2D eigenvalue weighted by atomic mass is 32.2. The van der Waals surface area contributed by atoms with Crippen LogP contribution in [-0.4, -0.2) is 96.1 Å². The smallest absolute Gasteiger partial charge is 0.243 e. The number of aromatic nitrogens is 5. The molecule has 1 N–H and O–H groups in total. The number of anilines is 2. The van der Waals surface area contributed by atoms with Crippen LogP contribution in [0.1, 0.15) is 43.7 Å². The number of benzene rings is 2. The molecule has 2 fully saturated rings. The van der Waals surface area contributed by atoms with Gasteiger partial charge < -0.3 is 19.9 Å². The third-order valence-corrected chi connectivity index (χ3v) is 9.20. The molecule has 0 bridgehead atoms. The second-order valence-corrected chi connectivity index (χ2v) is 14.2. The third kappa shape index (κ3) is 6.51. The van der Waals surface area contributed by atoms with Gasteiger partial charge in [-0.2, -0.15) is 15.0 Å². The number of hydrogen-bond acceptors (Lipinski definition) is 10. The molecule has 2 aliphatic rings. The number of nitrogens with one attached hydrogen (secondary N) is 1. The highest BCUT2D eigenvalue weighted by Gasteiger charge is 2.28. The number of hydrogen-bond donors (Lipinski definition) is 1. The van der Waals surface area contributed by atoms with Gasteiger partial charge in [-0.3, -0.25) is 4.57 Å². The number of likely N-dealkylation sites (tertiary alicyclic amines) is 1. The first-order valence-corrected chi connectivity index (χ1v) is 16.8. The lowest BCUT2D eigenvalue weighted by molar-refractivity contribution is 0.122. The van der Waals surface area contributed by atoms with Crippen molar-refractivity contribution in [3.63, 3.8) is 0 Å². The van der Waals surface area contributed by atoms with E-state index >= 15 is 0 Å². The van der Waals surface area contributed by atoms with Gasteiger partial charge in [-0.25, -0.2) is 13.4 Å². The summed E-state index contributed by atoms with van der Waals surface area (Å²) in [4.78, 5) is 23.3. The van der Waals surface area contributed by atoms with E-state index in [9.17, 15) is 8.42 Å². The second kappa shape index (κ2) is 11.8. The van der Waals surface area contributed by atoms with Crippen molar-refractivity contribution in [3.8, 4) is 5.95 Å². The molecule has 228 valence electrons. The van der Waals surface area contributed by atoms with Gasteiger partial charge >= 0.3 is 0 Å². The number of fused-ring (bicyclic) bond motifs is 1. The Morgan fingerprint density at radius 3 is 2.33 bits per heavy atom. The van der Waals surface area contributed by atoms with Crippen molar-refractivity contribution in [3.05, 3.63) is 59.7 Å². The highest BCUT2D eigenvalue weighted by molar-refractivity contribution is 7.90. The third-order valence-electron chi connectivity index (χ3n) is 8.26. The van der Waals surface area contributed by atoms with E-state index in [0.29, 0.717) is 55.2 Å². The summed E-state index contributed by atoms with van der Waals surface area (Å²) >= 11 is 0. The maximum Gasteiger partial charge on any atom is 0.243 e. The average Bonchev–Trinajstić information content (AvgIpc) is 3.39. The maximum atomic E-state index is 12.9. The van der Waals surface area contributed by atoms with Crippen LogP contribution in [0.3, 0.4) is 0 Å². The molecule has 43 heavy (non-hydrogen) atoms. The number of sulfone groups is 1. The van der Waals surface area contributed by atoms with Crippen molar-refractivity contribution in [2.75, 3.05) is 62.9 Å². The van der Waals surface area contributed by atoms with Crippen molar-refractivity contribution in [2.24, 2.45) is 0 Å². The topological polar surface area (TPSA) is 118 Å². The minimum atomic E-state index is -3.69. The predicted octanol–water partition coefficient (Wildman–Crippen LogP) is 3.69. The summed E-state index contributed by atoms with van der Waals surface area (Å²) in [5.41, 5.74) is 3.48. The molecule has 0 saturated carbocycles. The van der Waals surface area contributed by atoms with Gasteiger partial charge in [-0.1, -0.05) is 36.4 Å². The molecule has 4 heterocycles. The Morgan fingerprint density at radius 2 is 1.58 bits per heavy atom. The molecular formula is C31H40N8O3S. The van der Waals surface area contributed by atoms with Crippen molar-refractivity contribution < 1.29 is 13.2 Å². The van der Waals surface area contributed by atoms with Crippen LogP contribution in [0.2, 0.25) is 0 Å². The van der Waals surface area contributed by atoms with Crippen molar-refractivity contribution in [1.82, 2.24) is 29.4 Å². The van der Waals surface area contributed by atoms with E-state index in [1.807, 2.05) is 23.1 Å². The first kappa shape index (κ1) is 29.5. The maximum absolute atomic E-state index is 12.9. The van der Waals surface area contributed by atoms with Crippen LogP contribution in [0.5, 0.6) is 0 Å². The standard InChI is InChI=1S/C31H40N8O3S/c1-31(2,21-23-9-5-6-10-24(23)22-13-15-37(3)16-14-22)36-27-33-28(38-17-19-42-20-18-38)35-29(34-27)39-26-12-8-7-11-25(26)32-30(39)43(4,40)41/h5-12,22H,13-21H2,1-4H3,(H,33,34,35,36). The van der Waals surface area contributed by atoms with Crippen LogP contribution < -0.4 is 10.2 Å². The number of imidazole rings is 1. The Kier molecular flexibility index (Phi) is 8.10. The summed E-state index contributed by atoms with van der Waals surface area (Å²) in [5, 5.41) is 3.47. The summed E-state index contributed by atoms with van der Waals surface area (Å²) in [5.74, 6) is 1.60. The van der Waals surface area contributed by atoms with E-state index in [0.717, 1.165) is 38.6 Å². The number of para-hydroxylation sites is 2. The molecule has 0 aliphatic carbocycles. The Hall–Kier alpha value is -3.61. The molecule has 2 saturated heterocycles. The summed E-state index contributed by atoms with van der Waals surface area (Å²) in [6.07, 6.45) is 4.23. The first-order chi connectivity index (χ1) is 20.6. The number of nitrogens with zero attached hydrogens (tertiary/aromatic N) is 7. The Morgan fingerprint density at radius 1 is 0.907 bits per heavy atom. The summed E-state index contributed by atoms with van der Waals surface area (Å²) in [7, 11) is -1.51. The molecule has 0 unspecified atom stereocenters. The molecule has 0 spiro atoms. The van der Waals surface area contributed by atoms with Crippen LogP contribution in [0.4, 0.5) is 11.9 Å². The summed E-state index contributed by atoms with van der Waals surface area (Å²) in [6, 6.07) is 16.0. The quantitative estimate of drug-likeness (QED) is 0.319. The lowest BCUT2D eigenvalue weighted by Gasteiger charge is -2.33. The molecule has 0 atom stereocenters. The Balaban J connectivity index is 1.38. The van der Waals surface area contributed by atoms with Gasteiger partial charge in [0.05, 0.1) is 24.2 Å². The molecule has 0 amide bonds. The fraction of sp³-hybridized carbons (Fsp3) is 0.484. The van der Waals surface area contributed by atoms with Gasteiger partial charge in [0, 0.05) is 24.9 Å². The lowest BCUT2D eigenvalue weighted by Crippen LogP contribution is -2.39. The minimum absolute atomic E-state index is 0.106. The molecule has 0 radical (unpaired) electrons. The van der Waals surface area contributed by atoms with Gasteiger partial charge in [0.25, 0.3) is 0 Å². The molecule has 4 aromatic rings. The van der Waals surface area contributed by atoms with Crippen LogP contribution >= 0.6 is 0 Å². The predicted molar refractivity (Wildman–Crippen MR) is 168 cm³/mol. The minimum Gasteiger partial charge on any atom is -0.378 e. The van der Waals surface area contributed by atoms with Gasteiger partial charge in [0.2, 0.25) is 32.8 Å². The SMILES string of the molecule is CN1CCC(c2ccccc2CC(C)(C)Nc2nc(N3CCOCC3)nc(-n3c(S(C)(=O)=O)nc4ccccc43)n2)CC1. The van der Waals surface area contributed by atoms with Gasteiger partial charge in [-0.15, -0.1) is 0 Å². The van der Waals surface area contributed by atoms with Gasteiger partial charge in [0.1, 0.15) is 0 Å². The zero-order valence-electron chi connectivity index (χ0n) is 25.3. The summed E-state index contributed by atoms with van der Waals surface area (Å²) < 4.78 is 32.8. The monoisotopic (exact) mass is 604 g/mol. The van der Waals surface area contributed by atoms with Crippen molar-refractivity contribution in [2.45, 2.75) is 49.7 Å². The number of rotatable bonds is 8. The molecule has 12 heteroatoms. The lowest BCUT2D eigenvalue weighted by atomic mass is 9.83. The van der Waals surface area contributed by atoms with E-state index in [2.05, 4.69) is 60.4 Å². The molecule has 2 aromatic heterocycles. The Bertz CT molecular complexity index is 1710. The van der Waals surface area contributed by atoms with Crippen LogP contribution in [0.25, 0.3) is 17.0 Å². The van der Waals surface area contributed by atoms with Crippen molar-refractivity contribution >= 4 is 32.8 Å². The molecule has 11 nitrogen and oxygen atoms in total. The molecule has 2 aromatic carbocycles. The fourth-order valence-corrected chi connectivity index (χ4v) is 6.87. The summed E-state index contributed by atoms with van der Waals surface area (Å²) in [6.45, 7) is 8.88. The van der Waals surface area contributed by atoms with E-state index < -0.39 is 15.4 Å². The number of piperidine rings is 1. The van der Waals surface area contributed by atoms with E-state index in [4.69, 9.17) is 19.7 Å². The van der Waals surface area contributed by atoms with E-state index in [1.54, 1.807) is 6.07 Å². The molecular weight excluding hydrogens is 564 g/mol. The van der Waals surface area contributed by atoms with Gasteiger partial charge in [-0.05, 0) is 82.4 Å². The van der Waals surface area contributed by atoms with Crippen LogP contribution in [-0.2, 0) is 21.0 Å². The fourth-order valence-electron chi connectivity index (χ4n) is 6.10. The van der Waals surface area contributed by atoms with Gasteiger partial charge in [0.15, 0.2) is 0 Å². The molecule has 2 aliphatic heterocycles. The highest BCUT2D eigenvalue weighted by Crippen LogP contribution is 2.32. The van der Waals surface area contributed by atoms with Crippen LogP contribution in [0.15, 0.2) is 53.7 Å². The zero-order valence-corrected chi connectivity index (χ0v) is 26.1. The van der Waals surface area contributed by atoms with Crippen LogP contribution in [0, 0.1) is 0 Å². The first-order valence-electron chi connectivity index (χ1n) is 14.9. The second-order valence-electron chi connectivity index (χ2n) is 12.3. The zero-order chi connectivity index (χ0) is 30.2. The Labute approximate surface area is 253 Å². The normalized spacial score (nSPS) is 17.4. The molecule has 6 rings (SSSR count). The average molecular weight is 605 g/mol. The number of ether oxygens (including phenoxy) is 1. The number of morpholine rings is 1. The van der Waals surface area contributed by atoms with Crippen molar-refractivity contribution in [1.29, 1.82) is 0 Å². The van der Waals surface area contributed by atoms with E-state index in [-0.39, 0.29) is 11.1 Å². The largest absolute Gasteiger partial charge is 0.378 e.